The number of carbonyl (C=O) groups excluding carboxylic acids is 2. The van der Waals surface area contributed by atoms with Gasteiger partial charge >= 0.3 is 5.97 Å². The molecule has 2 aromatic heterocycles. The van der Waals surface area contributed by atoms with E-state index in [4.69, 9.17) is 13.9 Å². The number of amides is 1. The molecule has 0 aliphatic rings. The minimum absolute atomic E-state index is 0.122. The van der Waals surface area contributed by atoms with Crippen LogP contribution in [0.1, 0.15) is 34.1 Å². The molecule has 8 heteroatoms. The van der Waals surface area contributed by atoms with Crippen molar-refractivity contribution in [2.75, 3.05) is 18.5 Å². The lowest BCUT2D eigenvalue weighted by Crippen LogP contribution is -2.10. The number of rotatable bonds is 7. The fraction of sp³-hybridized carbons (Fsp3) is 0.174. The first-order chi connectivity index (χ1) is 15.1. The van der Waals surface area contributed by atoms with Gasteiger partial charge in [0.1, 0.15) is 4.88 Å². The van der Waals surface area contributed by atoms with Crippen LogP contribution in [0.25, 0.3) is 22.2 Å². The summed E-state index contributed by atoms with van der Waals surface area (Å²) in [5, 5.41) is 3.76. The first-order valence-electron chi connectivity index (χ1n) is 9.80. The molecule has 1 amide bonds. The topological polar surface area (TPSA) is 90.7 Å². The Balaban J connectivity index is 1.65. The summed E-state index contributed by atoms with van der Waals surface area (Å²) >= 11 is 1.06. The van der Waals surface area contributed by atoms with Gasteiger partial charge in [-0.25, -0.2) is 9.78 Å². The van der Waals surface area contributed by atoms with Gasteiger partial charge in [-0.3, -0.25) is 10.1 Å². The summed E-state index contributed by atoms with van der Waals surface area (Å²) in [6.45, 7) is 4.35. The molecule has 0 radical (unpaired) electrons. The van der Waals surface area contributed by atoms with Crippen LogP contribution in [0.15, 0.2) is 59.0 Å². The molecule has 4 rings (SSSR count). The third-order valence-corrected chi connectivity index (χ3v) is 5.34. The molecule has 4 aromatic rings. The zero-order chi connectivity index (χ0) is 21.8. The van der Waals surface area contributed by atoms with E-state index < -0.39 is 11.9 Å². The highest BCUT2D eigenvalue weighted by atomic mass is 32.1. The molecule has 31 heavy (non-hydrogen) atoms. The number of fused-ring (bicyclic) bond motifs is 1. The second-order valence-corrected chi connectivity index (χ2v) is 7.45. The number of thiazole rings is 1. The molecule has 2 aromatic carbocycles. The number of furan rings is 1. The van der Waals surface area contributed by atoms with E-state index in [1.807, 2.05) is 49.4 Å². The van der Waals surface area contributed by atoms with Crippen molar-refractivity contribution in [1.29, 1.82) is 0 Å². The van der Waals surface area contributed by atoms with Gasteiger partial charge in [0.05, 0.1) is 18.9 Å². The summed E-state index contributed by atoms with van der Waals surface area (Å²) in [4.78, 5) is 30.0. The molecule has 0 unspecified atom stereocenters. The highest BCUT2D eigenvalue weighted by molar-refractivity contribution is 7.18. The summed E-state index contributed by atoms with van der Waals surface area (Å²) in [6, 6.07) is 16.4. The van der Waals surface area contributed by atoms with Crippen LogP contribution in [0.4, 0.5) is 5.13 Å². The maximum atomic E-state index is 12.8. The first kappa shape index (κ1) is 20.6. The third kappa shape index (κ3) is 4.29. The minimum Gasteiger partial charge on any atom is -0.490 e. The Morgan fingerprint density at radius 3 is 2.61 bits per heavy atom. The van der Waals surface area contributed by atoms with E-state index >= 15 is 0 Å². The fourth-order valence-corrected chi connectivity index (χ4v) is 3.95. The van der Waals surface area contributed by atoms with Gasteiger partial charge in [0.15, 0.2) is 22.2 Å². The van der Waals surface area contributed by atoms with Crippen molar-refractivity contribution in [3.05, 3.63) is 65.2 Å². The molecule has 0 saturated carbocycles. The lowest BCUT2D eigenvalue weighted by atomic mass is 10.1. The molecule has 0 bridgehead atoms. The largest absolute Gasteiger partial charge is 0.490 e. The highest BCUT2D eigenvalue weighted by Gasteiger charge is 2.23. The summed E-state index contributed by atoms with van der Waals surface area (Å²) in [7, 11) is 0. The standard InChI is InChI=1S/C23H20N2O5S/c1-3-28-16-12-8-11-15-13-17(30-19(15)16)21(26)25-23-24-18(14-9-6-5-7-10-14)20(31-23)22(27)29-4-2/h5-13H,3-4H2,1-2H3,(H,24,25,26). The second kappa shape index (κ2) is 9.01. The molecular weight excluding hydrogens is 416 g/mol. The maximum Gasteiger partial charge on any atom is 0.350 e. The third-order valence-electron chi connectivity index (χ3n) is 4.39. The van der Waals surface area contributed by atoms with Gasteiger partial charge in [0, 0.05) is 10.9 Å². The number of hydrogen-bond acceptors (Lipinski definition) is 7. The molecule has 0 atom stereocenters. The van der Waals surface area contributed by atoms with Gasteiger partial charge in [-0.05, 0) is 26.0 Å². The van der Waals surface area contributed by atoms with Gasteiger partial charge in [-0.1, -0.05) is 53.8 Å². The van der Waals surface area contributed by atoms with Gasteiger partial charge in [-0.15, -0.1) is 0 Å². The quantitative estimate of drug-likeness (QED) is 0.391. The number of nitrogens with zero attached hydrogens (tertiary/aromatic N) is 1. The van der Waals surface area contributed by atoms with Crippen molar-refractivity contribution in [3.63, 3.8) is 0 Å². The molecule has 0 fully saturated rings. The SMILES string of the molecule is CCOC(=O)c1sc(NC(=O)c2cc3cccc(OCC)c3o2)nc1-c1ccccc1. The molecule has 0 spiro atoms. The second-order valence-electron chi connectivity index (χ2n) is 6.46. The Morgan fingerprint density at radius 1 is 1.06 bits per heavy atom. The summed E-state index contributed by atoms with van der Waals surface area (Å²) in [6.07, 6.45) is 0. The lowest BCUT2D eigenvalue weighted by molar-refractivity contribution is 0.0532. The van der Waals surface area contributed by atoms with Crippen LogP contribution in [0.3, 0.4) is 0 Å². The van der Waals surface area contributed by atoms with Crippen LogP contribution in [-0.2, 0) is 4.74 Å². The number of nitrogens with one attached hydrogen (secondary N) is 1. The summed E-state index contributed by atoms with van der Waals surface area (Å²) in [5.41, 5.74) is 1.72. The molecule has 0 aliphatic carbocycles. The van der Waals surface area contributed by atoms with Crippen LogP contribution in [0.5, 0.6) is 5.75 Å². The Labute approximate surface area is 182 Å². The monoisotopic (exact) mass is 436 g/mol. The summed E-state index contributed by atoms with van der Waals surface area (Å²) < 4.78 is 16.5. The van der Waals surface area contributed by atoms with Crippen LogP contribution < -0.4 is 10.1 Å². The van der Waals surface area contributed by atoms with Gasteiger partial charge < -0.3 is 13.9 Å². The van der Waals surface area contributed by atoms with Crippen molar-refractivity contribution in [2.24, 2.45) is 0 Å². The molecule has 0 saturated heterocycles. The van der Waals surface area contributed by atoms with E-state index in [0.717, 1.165) is 22.3 Å². The molecule has 0 aliphatic heterocycles. The summed E-state index contributed by atoms with van der Waals surface area (Å²) in [5.74, 6) is -0.257. The van der Waals surface area contributed by atoms with E-state index in [0.29, 0.717) is 28.5 Å². The van der Waals surface area contributed by atoms with E-state index in [9.17, 15) is 9.59 Å². The molecule has 2 heterocycles. The van der Waals surface area contributed by atoms with Gasteiger partial charge in [-0.2, -0.15) is 0 Å². The van der Waals surface area contributed by atoms with E-state index in [-0.39, 0.29) is 17.5 Å². The lowest BCUT2D eigenvalue weighted by Gasteiger charge is -2.02. The number of para-hydroxylation sites is 1. The average Bonchev–Trinajstić information content (AvgIpc) is 3.40. The smallest absolute Gasteiger partial charge is 0.350 e. The van der Waals surface area contributed by atoms with E-state index in [1.54, 1.807) is 19.1 Å². The number of hydrogen-bond donors (Lipinski definition) is 1. The first-order valence-corrected chi connectivity index (χ1v) is 10.6. The van der Waals surface area contributed by atoms with Crippen LogP contribution >= 0.6 is 11.3 Å². The Hall–Kier alpha value is -3.65. The van der Waals surface area contributed by atoms with E-state index in [2.05, 4.69) is 10.3 Å². The van der Waals surface area contributed by atoms with Crippen molar-refractivity contribution in [3.8, 4) is 17.0 Å². The number of benzene rings is 2. The number of aromatic nitrogens is 1. The number of esters is 1. The van der Waals surface area contributed by atoms with Crippen molar-refractivity contribution in [2.45, 2.75) is 13.8 Å². The van der Waals surface area contributed by atoms with Crippen molar-refractivity contribution in [1.82, 2.24) is 4.98 Å². The zero-order valence-corrected chi connectivity index (χ0v) is 17.8. The predicted octanol–water partition coefficient (Wildman–Crippen LogP) is 5.38. The molecule has 158 valence electrons. The van der Waals surface area contributed by atoms with Gasteiger partial charge in [0.2, 0.25) is 0 Å². The van der Waals surface area contributed by atoms with Crippen LogP contribution in [0, 0.1) is 0 Å². The van der Waals surface area contributed by atoms with E-state index in [1.165, 1.54) is 0 Å². The predicted molar refractivity (Wildman–Crippen MR) is 119 cm³/mol. The molecular formula is C23H20N2O5S. The fourth-order valence-electron chi connectivity index (χ4n) is 3.08. The Kier molecular flexibility index (Phi) is 5.99. The number of ether oxygens (including phenoxy) is 2. The number of carbonyl (C=O) groups is 2. The maximum absolute atomic E-state index is 12.8. The normalized spacial score (nSPS) is 10.8. The minimum atomic E-state index is -0.482. The Morgan fingerprint density at radius 2 is 1.87 bits per heavy atom. The molecule has 7 nitrogen and oxygen atoms in total. The Bertz CT molecular complexity index is 1230. The number of anilines is 1. The molecule has 1 N–H and O–H groups in total. The van der Waals surface area contributed by atoms with Crippen molar-refractivity contribution >= 4 is 39.3 Å². The zero-order valence-electron chi connectivity index (χ0n) is 17.0. The average molecular weight is 436 g/mol. The highest BCUT2D eigenvalue weighted by Crippen LogP contribution is 2.33. The van der Waals surface area contributed by atoms with Crippen LogP contribution in [0.2, 0.25) is 0 Å². The van der Waals surface area contributed by atoms with Gasteiger partial charge in [0.25, 0.3) is 5.91 Å². The van der Waals surface area contributed by atoms with Crippen LogP contribution in [-0.4, -0.2) is 30.1 Å². The van der Waals surface area contributed by atoms with Crippen molar-refractivity contribution < 1.29 is 23.5 Å².